The highest BCUT2D eigenvalue weighted by Gasteiger charge is 2.62. The molecular weight excluding hydrogens is 266 g/mol. The van der Waals surface area contributed by atoms with Gasteiger partial charge in [-0.05, 0) is 25.0 Å². The molecule has 4 heteroatoms. The lowest BCUT2D eigenvalue weighted by atomic mass is 9.56. The first-order chi connectivity index (χ1) is 10.0. The van der Waals surface area contributed by atoms with Crippen LogP contribution in [-0.2, 0) is 14.4 Å². The number of nitrogens with zero attached hydrogens (tertiary/aromatic N) is 1. The molecule has 1 aromatic carbocycles. The quantitative estimate of drug-likeness (QED) is 0.739. The van der Waals surface area contributed by atoms with Gasteiger partial charge in [0.2, 0.25) is 11.8 Å². The second-order valence-electron chi connectivity index (χ2n) is 6.58. The molecule has 4 atom stereocenters. The molecule has 1 saturated heterocycles. The number of likely N-dealkylation sites (tertiary alicyclic amines) is 1. The van der Waals surface area contributed by atoms with Crippen molar-refractivity contribution in [3.05, 3.63) is 35.4 Å². The minimum absolute atomic E-state index is 0.0861. The molecule has 3 aliphatic carbocycles. The first kappa shape index (κ1) is 12.7. The van der Waals surface area contributed by atoms with Gasteiger partial charge in [-0.2, -0.15) is 0 Å². The fourth-order valence-electron chi connectivity index (χ4n) is 4.49. The number of fused-ring (bicyclic) bond motifs is 1. The van der Waals surface area contributed by atoms with Crippen LogP contribution in [0.1, 0.15) is 43.2 Å². The molecule has 2 amide bonds. The molecule has 1 heterocycles. The Morgan fingerprint density at radius 3 is 2.29 bits per heavy atom. The zero-order valence-electron chi connectivity index (χ0n) is 12.1. The van der Waals surface area contributed by atoms with Crippen molar-refractivity contribution in [2.75, 3.05) is 0 Å². The fourth-order valence-corrected chi connectivity index (χ4v) is 4.49. The van der Waals surface area contributed by atoms with Gasteiger partial charge in [-0.1, -0.05) is 24.3 Å². The Morgan fingerprint density at radius 1 is 1.00 bits per heavy atom. The fraction of sp³-hybridized carbons (Fsp3) is 0.471. The third-order valence-corrected chi connectivity index (χ3v) is 5.24. The number of hydrogen-bond donors (Lipinski definition) is 0. The summed E-state index contributed by atoms with van der Waals surface area (Å²) in [6, 6.07) is 7.65. The second kappa shape index (κ2) is 4.03. The maximum Gasteiger partial charge on any atom is 0.234 e. The molecule has 0 N–H and O–H groups in total. The van der Waals surface area contributed by atoms with Crippen LogP contribution in [0, 0.1) is 11.8 Å². The van der Waals surface area contributed by atoms with Gasteiger partial charge in [-0.3, -0.25) is 19.3 Å². The first-order valence-electron chi connectivity index (χ1n) is 7.51. The average molecular weight is 283 g/mol. The minimum Gasteiger partial charge on any atom is -0.299 e. The van der Waals surface area contributed by atoms with Gasteiger partial charge < -0.3 is 0 Å². The van der Waals surface area contributed by atoms with Gasteiger partial charge in [0.1, 0.15) is 5.78 Å². The van der Waals surface area contributed by atoms with E-state index < -0.39 is 11.8 Å². The van der Waals surface area contributed by atoms with Crippen molar-refractivity contribution in [3.8, 4) is 0 Å². The van der Waals surface area contributed by atoms with Crippen molar-refractivity contribution in [1.29, 1.82) is 0 Å². The van der Waals surface area contributed by atoms with Gasteiger partial charge in [0, 0.05) is 18.4 Å². The van der Waals surface area contributed by atoms with Crippen LogP contribution in [0.4, 0.5) is 0 Å². The molecule has 1 aromatic rings. The molecule has 0 unspecified atom stereocenters. The summed E-state index contributed by atoms with van der Waals surface area (Å²) in [5.41, 5.74) is 2.06. The van der Waals surface area contributed by atoms with E-state index >= 15 is 0 Å². The molecule has 0 aromatic heterocycles. The van der Waals surface area contributed by atoms with Crippen molar-refractivity contribution in [1.82, 2.24) is 4.90 Å². The van der Waals surface area contributed by atoms with Crippen molar-refractivity contribution >= 4 is 17.6 Å². The monoisotopic (exact) mass is 283 g/mol. The lowest BCUT2D eigenvalue weighted by Crippen LogP contribution is -2.44. The largest absolute Gasteiger partial charge is 0.299 e. The third-order valence-electron chi connectivity index (χ3n) is 5.24. The SMILES string of the molecule is CC(C)N1C(=O)[C@@H]2[C@H](C1=O)[C@@H]1CC(=O)[C@@H]2c2ccccc21. The number of hydrogen-bond acceptors (Lipinski definition) is 3. The van der Waals surface area contributed by atoms with E-state index in [1.54, 1.807) is 0 Å². The van der Waals surface area contributed by atoms with Crippen LogP contribution in [0.2, 0.25) is 0 Å². The summed E-state index contributed by atoms with van der Waals surface area (Å²) in [6.45, 7) is 3.70. The van der Waals surface area contributed by atoms with Gasteiger partial charge in [0.15, 0.2) is 0 Å². The average Bonchev–Trinajstić information content (AvgIpc) is 2.72. The van der Waals surface area contributed by atoms with Gasteiger partial charge in [0.05, 0.1) is 17.8 Å². The molecule has 2 bridgehead atoms. The molecular formula is C17H17NO3. The number of carbonyl (C=O) groups is 3. The molecule has 0 radical (unpaired) electrons. The van der Waals surface area contributed by atoms with Crippen LogP contribution in [0.3, 0.4) is 0 Å². The van der Waals surface area contributed by atoms with Gasteiger partial charge in [-0.25, -0.2) is 0 Å². The Hall–Kier alpha value is -1.97. The Balaban J connectivity index is 1.91. The van der Waals surface area contributed by atoms with Crippen LogP contribution in [0.5, 0.6) is 0 Å². The Labute approximate surface area is 123 Å². The Morgan fingerprint density at radius 2 is 1.62 bits per heavy atom. The van der Waals surface area contributed by atoms with Gasteiger partial charge in [-0.15, -0.1) is 0 Å². The summed E-state index contributed by atoms with van der Waals surface area (Å²) in [5.74, 6) is -1.47. The Kier molecular flexibility index (Phi) is 2.44. The predicted molar refractivity (Wildman–Crippen MR) is 75.5 cm³/mol. The lowest BCUT2D eigenvalue weighted by molar-refractivity contribution is -0.142. The van der Waals surface area contributed by atoms with E-state index in [1.165, 1.54) is 4.90 Å². The zero-order chi connectivity index (χ0) is 14.9. The number of ketones is 1. The number of amides is 2. The summed E-state index contributed by atoms with van der Waals surface area (Å²) < 4.78 is 0. The number of carbonyl (C=O) groups excluding carboxylic acids is 3. The smallest absolute Gasteiger partial charge is 0.234 e. The molecule has 0 spiro atoms. The van der Waals surface area contributed by atoms with E-state index in [9.17, 15) is 14.4 Å². The molecule has 21 heavy (non-hydrogen) atoms. The Bertz CT molecular complexity index is 678. The van der Waals surface area contributed by atoms with Crippen LogP contribution < -0.4 is 0 Å². The third kappa shape index (κ3) is 1.42. The van der Waals surface area contributed by atoms with Crippen LogP contribution in [0.15, 0.2) is 24.3 Å². The van der Waals surface area contributed by atoms with Crippen molar-refractivity contribution in [2.45, 2.75) is 38.1 Å². The maximum absolute atomic E-state index is 12.7. The summed E-state index contributed by atoms with van der Waals surface area (Å²) >= 11 is 0. The highest BCUT2D eigenvalue weighted by molar-refractivity contribution is 6.11. The standard InChI is InChI=1S/C17H17NO3/c1-8(2)18-16(20)14-11-7-12(19)13(15(14)17(18)21)10-6-4-3-5-9(10)11/h3-6,8,11,13-15H,7H2,1-2H3/t11-,13+,14-,15+/m1/s1. The predicted octanol–water partition coefficient (Wildman–Crippen LogP) is 1.85. The second-order valence-corrected chi connectivity index (χ2v) is 6.58. The molecule has 1 aliphatic heterocycles. The summed E-state index contributed by atoms with van der Waals surface area (Å²) in [4.78, 5) is 39.2. The van der Waals surface area contributed by atoms with E-state index in [2.05, 4.69) is 0 Å². The lowest BCUT2D eigenvalue weighted by Gasteiger charge is -2.43. The molecule has 4 nitrogen and oxygen atoms in total. The molecule has 2 fully saturated rings. The summed E-state index contributed by atoms with van der Waals surface area (Å²) in [7, 11) is 0. The van der Waals surface area contributed by atoms with Crippen LogP contribution in [-0.4, -0.2) is 28.5 Å². The van der Waals surface area contributed by atoms with Crippen LogP contribution >= 0.6 is 0 Å². The number of Topliss-reactive ketones (excluding diaryl/α,β-unsaturated/α-hetero) is 1. The van der Waals surface area contributed by atoms with E-state index in [-0.39, 0.29) is 35.5 Å². The maximum atomic E-state index is 12.7. The molecule has 1 saturated carbocycles. The minimum atomic E-state index is -0.471. The van der Waals surface area contributed by atoms with E-state index in [0.29, 0.717) is 6.42 Å². The molecule has 5 rings (SSSR count). The summed E-state index contributed by atoms with van der Waals surface area (Å²) in [5, 5.41) is 0. The zero-order valence-corrected chi connectivity index (χ0v) is 12.1. The summed E-state index contributed by atoms with van der Waals surface area (Å²) in [6.07, 6.45) is 0.397. The molecule has 108 valence electrons. The first-order valence-corrected chi connectivity index (χ1v) is 7.51. The van der Waals surface area contributed by atoms with Gasteiger partial charge >= 0.3 is 0 Å². The highest BCUT2D eigenvalue weighted by atomic mass is 16.2. The van der Waals surface area contributed by atoms with Crippen LogP contribution in [0.25, 0.3) is 0 Å². The van der Waals surface area contributed by atoms with Crippen molar-refractivity contribution < 1.29 is 14.4 Å². The highest BCUT2D eigenvalue weighted by Crippen LogP contribution is 2.57. The molecule has 4 aliphatic rings. The number of benzene rings is 1. The van der Waals surface area contributed by atoms with E-state index in [0.717, 1.165) is 11.1 Å². The number of imide groups is 1. The topological polar surface area (TPSA) is 54.5 Å². The van der Waals surface area contributed by atoms with E-state index in [4.69, 9.17) is 0 Å². The normalized spacial score (nSPS) is 33.7. The van der Waals surface area contributed by atoms with Gasteiger partial charge in [0.25, 0.3) is 0 Å². The van der Waals surface area contributed by atoms with E-state index in [1.807, 2.05) is 38.1 Å². The van der Waals surface area contributed by atoms with Crippen molar-refractivity contribution in [2.24, 2.45) is 11.8 Å². The number of rotatable bonds is 1. The van der Waals surface area contributed by atoms with Crippen molar-refractivity contribution in [3.63, 3.8) is 0 Å².